The molecule has 1 aromatic rings. The summed E-state index contributed by atoms with van der Waals surface area (Å²) in [5.74, 6) is 0.675. The fourth-order valence-corrected chi connectivity index (χ4v) is 2.97. The maximum atomic E-state index is 4.60. The van der Waals surface area contributed by atoms with Crippen molar-refractivity contribution in [2.24, 2.45) is 5.92 Å². The number of nitrogens with one attached hydrogen (secondary N) is 1. The van der Waals surface area contributed by atoms with E-state index in [9.17, 15) is 0 Å². The number of pyridine rings is 1. The van der Waals surface area contributed by atoms with Crippen LogP contribution in [0, 0.1) is 5.92 Å². The van der Waals surface area contributed by atoms with Crippen LogP contribution in [0.1, 0.15) is 39.0 Å². The molecule has 1 fully saturated rings. The zero-order valence-electron chi connectivity index (χ0n) is 12.7. The quantitative estimate of drug-likeness (QED) is 0.902. The minimum Gasteiger partial charge on any atom is -0.311 e. The van der Waals surface area contributed by atoms with Crippen LogP contribution in [-0.2, 0) is 13.0 Å². The Balaban J connectivity index is 2.14. The van der Waals surface area contributed by atoms with Gasteiger partial charge in [-0.1, -0.05) is 26.8 Å². The molecule has 0 saturated carbocycles. The standard InChI is InChI=1S/C16H27N3/c1-5-14-7-6-8-17-15(14)11-19-10-13(4)18-9-16(19)12(2)3/h6-8,12-13,16,18H,5,9-11H2,1-4H3. The second-order valence-electron chi connectivity index (χ2n) is 6.01. The minimum atomic E-state index is 0.573. The van der Waals surface area contributed by atoms with Crippen LogP contribution in [0.25, 0.3) is 0 Å². The molecular weight excluding hydrogens is 234 g/mol. The fourth-order valence-electron chi connectivity index (χ4n) is 2.97. The van der Waals surface area contributed by atoms with Gasteiger partial charge in [-0.2, -0.15) is 0 Å². The van der Waals surface area contributed by atoms with E-state index in [1.54, 1.807) is 0 Å². The SMILES string of the molecule is CCc1cccnc1CN1CC(C)NCC1C(C)C. The summed E-state index contributed by atoms with van der Waals surface area (Å²) in [6.45, 7) is 12.3. The smallest absolute Gasteiger partial charge is 0.0575 e. The zero-order chi connectivity index (χ0) is 13.8. The summed E-state index contributed by atoms with van der Waals surface area (Å²) in [5.41, 5.74) is 2.64. The predicted molar refractivity (Wildman–Crippen MR) is 80.1 cm³/mol. The van der Waals surface area contributed by atoms with Crippen molar-refractivity contribution in [3.63, 3.8) is 0 Å². The zero-order valence-corrected chi connectivity index (χ0v) is 12.7. The predicted octanol–water partition coefficient (Wildman–Crippen LogP) is 2.46. The van der Waals surface area contributed by atoms with Gasteiger partial charge in [0.1, 0.15) is 0 Å². The summed E-state index contributed by atoms with van der Waals surface area (Å²) < 4.78 is 0. The molecule has 1 aliphatic rings. The molecule has 2 rings (SSSR count). The van der Waals surface area contributed by atoms with Gasteiger partial charge in [0.25, 0.3) is 0 Å². The number of aryl methyl sites for hydroxylation is 1. The van der Waals surface area contributed by atoms with Crippen LogP contribution in [0.3, 0.4) is 0 Å². The highest BCUT2D eigenvalue weighted by molar-refractivity contribution is 5.19. The lowest BCUT2D eigenvalue weighted by Crippen LogP contribution is -2.56. The van der Waals surface area contributed by atoms with E-state index in [0.29, 0.717) is 18.0 Å². The van der Waals surface area contributed by atoms with E-state index in [0.717, 1.165) is 26.1 Å². The average molecular weight is 261 g/mol. The third kappa shape index (κ3) is 3.54. The highest BCUT2D eigenvalue weighted by Crippen LogP contribution is 2.19. The number of piperazine rings is 1. The van der Waals surface area contributed by atoms with Crippen molar-refractivity contribution < 1.29 is 0 Å². The topological polar surface area (TPSA) is 28.2 Å². The Hall–Kier alpha value is -0.930. The van der Waals surface area contributed by atoms with Gasteiger partial charge in [0.2, 0.25) is 0 Å². The molecular formula is C16H27N3. The lowest BCUT2D eigenvalue weighted by Gasteiger charge is -2.41. The van der Waals surface area contributed by atoms with Crippen molar-refractivity contribution in [3.8, 4) is 0 Å². The van der Waals surface area contributed by atoms with Crippen LogP contribution >= 0.6 is 0 Å². The summed E-state index contributed by atoms with van der Waals surface area (Å²) in [6.07, 6.45) is 2.99. The highest BCUT2D eigenvalue weighted by Gasteiger charge is 2.28. The molecule has 1 aromatic heterocycles. The Bertz CT molecular complexity index is 403. The molecule has 2 unspecified atom stereocenters. The van der Waals surface area contributed by atoms with E-state index in [1.165, 1.54) is 11.3 Å². The van der Waals surface area contributed by atoms with Crippen LogP contribution in [0.15, 0.2) is 18.3 Å². The molecule has 3 nitrogen and oxygen atoms in total. The number of hydrogen-bond acceptors (Lipinski definition) is 3. The third-order valence-electron chi connectivity index (χ3n) is 4.14. The summed E-state index contributed by atoms with van der Waals surface area (Å²) in [6, 6.07) is 5.44. The van der Waals surface area contributed by atoms with Gasteiger partial charge in [0, 0.05) is 37.9 Å². The lowest BCUT2D eigenvalue weighted by molar-refractivity contribution is 0.0940. The average Bonchev–Trinajstić information content (AvgIpc) is 2.39. The van der Waals surface area contributed by atoms with Crippen LogP contribution < -0.4 is 5.32 Å². The van der Waals surface area contributed by atoms with Gasteiger partial charge in [-0.05, 0) is 30.9 Å². The number of hydrogen-bond donors (Lipinski definition) is 1. The Labute approximate surface area is 117 Å². The van der Waals surface area contributed by atoms with E-state index in [1.807, 2.05) is 12.3 Å². The van der Waals surface area contributed by atoms with Crippen molar-refractivity contribution in [2.75, 3.05) is 13.1 Å². The van der Waals surface area contributed by atoms with Crippen molar-refractivity contribution in [1.82, 2.24) is 15.2 Å². The first kappa shape index (κ1) is 14.5. The fraction of sp³-hybridized carbons (Fsp3) is 0.688. The number of aromatic nitrogens is 1. The molecule has 1 aliphatic heterocycles. The molecule has 0 amide bonds. The normalized spacial score (nSPS) is 24.9. The Morgan fingerprint density at radius 2 is 2.26 bits per heavy atom. The number of nitrogens with zero attached hydrogens (tertiary/aromatic N) is 2. The van der Waals surface area contributed by atoms with Gasteiger partial charge in [0.05, 0.1) is 5.69 Å². The molecule has 1 saturated heterocycles. The molecule has 3 heteroatoms. The molecule has 0 radical (unpaired) electrons. The first-order chi connectivity index (χ1) is 9.11. The molecule has 1 N–H and O–H groups in total. The maximum Gasteiger partial charge on any atom is 0.0575 e. The number of rotatable bonds is 4. The molecule has 0 aromatic carbocycles. The van der Waals surface area contributed by atoms with E-state index in [2.05, 4.69) is 49.0 Å². The lowest BCUT2D eigenvalue weighted by atomic mass is 9.98. The van der Waals surface area contributed by atoms with Crippen LogP contribution in [0.2, 0.25) is 0 Å². The molecule has 0 spiro atoms. The van der Waals surface area contributed by atoms with Crippen molar-refractivity contribution in [1.29, 1.82) is 0 Å². The summed E-state index contributed by atoms with van der Waals surface area (Å²) >= 11 is 0. The Morgan fingerprint density at radius 3 is 2.95 bits per heavy atom. The first-order valence-corrected chi connectivity index (χ1v) is 7.52. The highest BCUT2D eigenvalue weighted by atomic mass is 15.2. The third-order valence-corrected chi connectivity index (χ3v) is 4.14. The minimum absolute atomic E-state index is 0.573. The maximum absolute atomic E-state index is 4.60. The van der Waals surface area contributed by atoms with Crippen molar-refractivity contribution in [2.45, 2.75) is 52.7 Å². The van der Waals surface area contributed by atoms with Crippen LogP contribution in [0.5, 0.6) is 0 Å². The Kier molecular flexibility index (Phi) is 4.94. The monoisotopic (exact) mass is 261 g/mol. The van der Waals surface area contributed by atoms with Crippen molar-refractivity contribution >= 4 is 0 Å². The van der Waals surface area contributed by atoms with E-state index in [-0.39, 0.29) is 0 Å². The molecule has 0 bridgehead atoms. The van der Waals surface area contributed by atoms with Crippen LogP contribution in [-0.4, -0.2) is 35.1 Å². The summed E-state index contributed by atoms with van der Waals surface area (Å²) in [4.78, 5) is 7.20. The van der Waals surface area contributed by atoms with E-state index < -0.39 is 0 Å². The van der Waals surface area contributed by atoms with E-state index >= 15 is 0 Å². The molecule has 106 valence electrons. The first-order valence-electron chi connectivity index (χ1n) is 7.52. The molecule has 2 atom stereocenters. The van der Waals surface area contributed by atoms with Gasteiger partial charge in [-0.3, -0.25) is 9.88 Å². The Morgan fingerprint density at radius 1 is 1.47 bits per heavy atom. The summed E-state index contributed by atoms with van der Waals surface area (Å²) in [5, 5.41) is 3.60. The molecule has 2 heterocycles. The summed E-state index contributed by atoms with van der Waals surface area (Å²) in [7, 11) is 0. The van der Waals surface area contributed by atoms with Crippen molar-refractivity contribution in [3.05, 3.63) is 29.6 Å². The second kappa shape index (κ2) is 6.49. The largest absolute Gasteiger partial charge is 0.311 e. The molecule has 0 aliphatic carbocycles. The molecule has 19 heavy (non-hydrogen) atoms. The van der Waals surface area contributed by atoms with Gasteiger partial charge < -0.3 is 5.32 Å². The van der Waals surface area contributed by atoms with Gasteiger partial charge in [-0.25, -0.2) is 0 Å². The van der Waals surface area contributed by atoms with Gasteiger partial charge in [-0.15, -0.1) is 0 Å². The van der Waals surface area contributed by atoms with Crippen LogP contribution in [0.4, 0.5) is 0 Å². The second-order valence-corrected chi connectivity index (χ2v) is 6.01. The van der Waals surface area contributed by atoms with E-state index in [4.69, 9.17) is 0 Å². The van der Waals surface area contributed by atoms with Gasteiger partial charge in [0.15, 0.2) is 0 Å². The van der Waals surface area contributed by atoms with Gasteiger partial charge >= 0.3 is 0 Å².